The topological polar surface area (TPSA) is 78.3 Å². The first-order valence-corrected chi connectivity index (χ1v) is 6.74. The van der Waals surface area contributed by atoms with Crippen LogP contribution >= 0.6 is 0 Å². The minimum Gasteiger partial charge on any atom is -0.376 e. The normalized spacial score (nSPS) is 17.4. The Bertz CT molecular complexity index is 542. The van der Waals surface area contributed by atoms with E-state index in [4.69, 9.17) is 10.3 Å². The van der Waals surface area contributed by atoms with Crippen molar-refractivity contribution in [1.29, 1.82) is 0 Å². The van der Waals surface area contributed by atoms with Gasteiger partial charge in [0.05, 0.1) is 12.1 Å². The number of carbonyl (C=O) groups excluding carboxylic acids is 1. The van der Waals surface area contributed by atoms with Gasteiger partial charge in [0.2, 0.25) is 5.91 Å². The van der Waals surface area contributed by atoms with Gasteiger partial charge in [0, 0.05) is 30.7 Å². The van der Waals surface area contributed by atoms with E-state index in [0.717, 1.165) is 18.7 Å². The Morgan fingerprint density at radius 2 is 2.19 bits per heavy atom. The van der Waals surface area contributed by atoms with Crippen LogP contribution in [0.3, 0.4) is 0 Å². The van der Waals surface area contributed by atoms with Crippen molar-refractivity contribution < 1.29 is 13.9 Å². The van der Waals surface area contributed by atoms with E-state index in [1.165, 1.54) is 7.11 Å². The molecule has 1 fully saturated rings. The predicted molar refractivity (Wildman–Crippen MR) is 76.7 cm³/mol. The maximum atomic E-state index is 12.9. The van der Waals surface area contributed by atoms with Crippen LogP contribution in [0.15, 0.2) is 29.4 Å². The van der Waals surface area contributed by atoms with Gasteiger partial charge in [-0.3, -0.25) is 9.18 Å². The molecule has 0 spiro atoms. The van der Waals surface area contributed by atoms with Crippen molar-refractivity contribution in [2.75, 3.05) is 25.2 Å². The van der Waals surface area contributed by atoms with Crippen LogP contribution in [0.5, 0.6) is 0 Å². The van der Waals surface area contributed by atoms with Crippen LogP contribution in [0, 0.1) is 0 Å². The Balaban J connectivity index is 2.20. The van der Waals surface area contributed by atoms with Crippen molar-refractivity contribution in [3.8, 4) is 0 Å². The smallest absolute Gasteiger partial charge is 0.227 e. The second-order valence-corrected chi connectivity index (χ2v) is 4.82. The number of rotatable bonds is 6. The number of nitrogens with zero attached hydrogens (tertiary/aromatic N) is 4. The second kappa shape index (κ2) is 7.06. The van der Waals surface area contributed by atoms with Gasteiger partial charge >= 0.3 is 0 Å². The first kappa shape index (κ1) is 15.3. The number of benzene rings is 1. The van der Waals surface area contributed by atoms with Crippen LogP contribution in [0.25, 0.3) is 10.4 Å². The molecule has 1 saturated heterocycles. The minimum absolute atomic E-state index is 0.113. The average molecular weight is 292 g/mol. The molecule has 0 saturated carbocycles. The van der Waals surface area contributed by atoms with Crippen LogP contribution in [0.1, 0.15) is 24.5 Å². The molecule has 0 aromatic heterocycles. The molecule has 2 rings (SSSR count). The molecule has 1 aromatic carbocycles. The number of alkyl halides is 1. The Morgan fingerprint density at radius 1 is 1.48 bits per heavy atom. The third kappa shape index (κ3) is 3.32. The van der Waals surface area contributed by atoms with E-state index in [1.54, 1.807) is 29.2 Å². The fourth-order valence-electron chi connectivity index (χ4n) is 2.52. The zero-order chi connectivity index (χ0) is 15.2. The van der Waals surface area contributed by atoms with Gasteiger partial charge in [-0.2, -0.15) is 0 Å². The first-order chi connectivity index (χ1) is 10.2. The molecule has 0 aliphatic carbocycles. The summed E-state index contributed by atoms with van der Waals surface area (Å²) in [4.78, 5) is 16.1. The monoisotopic (exact) mass is 292 g/mol. The summed E-state index contributed by atoms with van der Waals surface area (Å²) in [7, 11) is 1.44. The van der Waals surface area contributed by atoms with Crippen molar-refractivity contribution >= 4 is 11.6 Å². The molecule has 112 valence electrons. The molecule has 1 unspecified atom stereocenters. The van der Waals surface area contributed by atoms with Gasteiger partial charge in [-0.05, 0) is 29.6 Å². The number of azide groups is 1. The van der Waals surface area contributed by atoms with Gasteiger partial charge in [-0.25, -0.2) is 0 Å². The van der Waals surface area contributed by atoms with E-state index >= 15 is 0 Å². The second-order valence-electron chi connectivity index (χ2n) is 4.82. The van der Waals surface area contributed by atoms with Crippen molar-refractivity contribution in [2.24, 2.45) is 5.11 Å². The lowest BCUT2D eigenvalue weighted by Crippen LogP contribution is -2.24. The van der Waals surface area contributed by atoms with E-state index < -0.39 is 18.8 Å². The number of anilines is 1. The van der Waals surface area contributed by atoms with Crippen LogP contribution in [0.4, 0.5) is 10.1 Å². The molecule has 1 aliphatic rings. The molecule has 0 radical (unpaired) electrons. The molecule has 7 heteroatoms. The van der Waals surface area contributed by atoms with Crippen molar-refractivity contribution in [2.45, 2.75) is 25.0 Å². The lowest BCUT2D eigenvalue weighted by molar-refractivity contribution is -0.117. The van der Waals surface area contributed by atoms with Crippen molar-refractivity contribution in [3.05, 3.63) is 40.3 Å². The Morgan fingerprint density at radius 3 is 2.67 bits per heavy atom. The van der Waals surface area contributed by atoms with E-state index in [0.29, 0.717) is 12.0 Å². The van der Waals surface area contributed by atoms with Gasteiger partial charge in [0.15, 0.2) is 0 Å². The summed E-state index contributed by atoms with van der Waals surface area (Å²) in [5.41, 5.74) is 10.00. The van der Waals surface area contributed by atoms with Crippen molar-refractivity contribution in [1.82, 2.24) is 0 Å². The minimum atomic E-state index is -0.903. The maximum Gasteiger partial charge on any atom is 0.227 e. The standard InChI is InChI=1S/C14H17FN4O2/c1-21-14(12(9-15)17-18-16)10-4-6-11(7-5-10)19-8-2-3-13(19)20/h4-7,12,14H,2-3,8-9H2,1H3/t12?,14-/m1/s1. The zero-order valence-corrected chi connectivity index (χ0v) is 11.8. The van der Waals surface area contributed by atoms with Crippen LogP contribution < -0.4 is 4.90 Å². The van der Waals surface area contributed by atoms with E-state index in [1.807, 2.05) is 0 Å². The quantitative estimate of drug-likeness (QED) is 0.458. The number of ether oxygens (including phenoxy) is 1. The third-order valence-electron chi connectivity index (χ3n) is 3.57. The highest BCUT2D eigenvalue weighted by Gasteiger charge is 2.24. The summed E-state index contributed by atoms with van der Waals surface area (Å²) in [5.74, 6) is 0.113. The maximum absolute atomic E-state index is 12.9. The molecular formula is C14H17FN4O2. The van der Waals surface area contributed by atoms with Gasteiger partial charge < -0.3 is 9.64 Å². The lowest BCUT2D eigenvalue weighted by atomic mass is 10.0. The van der Waals surface area contributed by atoms with Crippen LogP contribution in [-0.4, -0.2) is 32.3 Å². The highest BCUT2D eigenvalue weighted by molar-refractivity contribution is 5.95. The molecule has 6 nitrogen and oxygen atoms in total. The average Bonchev–Trinajstić information content (AvgIpc) is 2.94. The third-order valence-corrected chi connectivity index (χ3v) is 3.57. The molecule has 1 amide bonds. The summed E-state index contributed by atoms with van der Waals surface area (Å²) in [6, 6.07) is 6.24. The molecule has 1 heterocycles. The van der Waals surface area contributed by atoms with Crippen LogP contribution in [-0.2, 0) is 9.53 Å². The summed E-state index contributed by atoms with van der Waals surface area (Å²) < 4.78 is 18.2. The summed E-state index contributed by atoms with van der Waals surface area (Å²) >= 11 is 0. The molecule has 0 N–H and O–H groups in total. The predicted octanol–water partition coefficient (Wildman–Crippen LogP) is 3.15. The fourth-order valence-corrected chi connectivity index (χ4v) is 2.52. The highest BCUT2D eigenvalue weighted by atomic mass is 19.1. The largest absolute Gasteiger partial charge is 0.376 e. The Kier molecular flexibility index (Phi) is 5.14. The SMILES string of the molecule is CO[C@H](c1ccc(N2CCCC2=O)cc1)C(CF)N=[N+]=[N-]. The molecule has 2 atom stereocenters. The van der Waals surface area contributed by atoms with E-state index in [2.05, 4.69) is 10.0 Å². The van der Waals surface area contributed by atoms with Gasteiger partial charge in [-0.1, -0.05) is 17.2 Å². The van der Waals surface area contributed by atoms with Gasteiger partial charge in [0.1, 0.15) is 6.67 Å². The van der Waals surface area contributed by atoms with E-state index in [9.17, 15) is 9.18 Å². The number of methoxy groups -OCH3 is 1. The molecular weight excluding hydrogens is 275 g/mol. The summed E-state index contributed by atoms with van der Waals surface area (Å²) in [6.45, 7) is -0.0767. The Labute approximate surface area is 122 Å². The number of amides is 1. The van der Waals surface area contributed by atoms with Crippen LogP contribution in [0.2, 0.25) is 0 Å². The molecule has 1 aromatic rings. The van der Waals surface area contributed by atoms with Gasteiger partial charge in [0.25, 0.3) is 0 Å². The molecule has 0 bridgehead atoms. The zero-order valence-electron chi connectivity index (χ0n) is 11.8. The highest BCUT2D eigenvalue weighted by Crippen LogP contribution is 2.27. The number of carbonyl (C=O) groups is 1. The van der Waals surface area contributed by atoms with Gasteiger partial charge in [-0.15, -0.1) is 0 Å². The molecule has 1 aliphatic heterocycles. The van der Waals surface area contributed by atoms with Crippen molar-refractivity contribution in [3.63, 3.8) is 0 Å². The summed E-state index contributed by atoms with van der Waals surface area (Å²) in [5, 5.41) is 3.42. The summed E-state index contributed by atoms with van der Waals surface area (Å²) in [6.07, 6.45) is 0.792. The lowest BCUT2D eigenvalue weighted by Gasteiger charge is -2.21. The number of hydrogen-bond acceptors (Lipinski definition) is 3. The number of hydrogen-bond donors (Lipinski definition) is 0. The number of halogens is 1. The first-order valence-electron chi connectivity index (χ1n) is 6.74. The van der Waals surface area contributed by atoms with E-state index in [-0.39, 0.29) is 5.91 Å². The Hall–Kier alpha value is -2.11. The molecule has 21 heavy (non-hydrogen) atoms. The fraction of sp³-hybridized carbons (Fsp3) is 0.500.